The predicted octanol–water partition coefficient (Wildman–Crippen LogP) is 1.24. The first-order chi connectivity index (χ1) is 6.57. The minimum atomic E-state index is 0.303. The first kappa shape index (κ1) is 13.9. The Balaban J connectivity index is 3.21. The van der Waals surface area contributed by atoms with Crippen molar-refractivity contribution < 1.29 is 4.74 Å². The molecule has 0 aliphatic carbocycles. The fourth-order valence-corrected chi connectivity index (χ4v) is 1.01. The van der Waals surface area contributed by atoms with Gasteiger partial charge in [0.2, 0.25) is 0 Å². The van der Waals surface area contributed by atoms with Gasteiger partial charge < -0.3 is 15.4 Å². The van der Waals surface area contributed by atoms with Gasteiger partial charge in [-0.3, -0.25) is 0 Å². The van der Waals surface area contributed by atoms with E-state index >= 15 is 0 Å². The van der Waals surface area contributed by atoms with Gasteiger partial charge in [0.05, 0.1) is 6.10 Å². The SMILES string of the molecule is COC(C)CNCCNC(C)C(C)C. The fraction of sp³-hybridized carbons (Fsp3) is 1.00. The molecule has 0 aliphatic rings. The number of ether oxygens (including phenoxy) is 1. The molecule has 0 aromatic rings. The maximum Gasteiger partial charge on any atom is 0.0667 e. The Morgan fingerprint density at radius 3 is 2.21 bits per heavy atom. The van der Waals surface area contributed by atoms with E-state index in [1.54, 1.807) is 7.11 Å². The quantitative estimate of drug-likeness (QED) is 0.581. The second-order valence-electron chi connectivity index (χ2n) is 4.24. The normalized spacial score (nSPS) is 15.9. The van der Waals surface area contributed by atoms with E-state index in [0.717, 1.165) is 19.6 Å². The summed E-state index contributed by atoms with van der Waals surface area (Å²) in [4.78, 5) is 0. The highest BCUT2D eigenvalue weighted by Gasteiger charge is 2.04. The topological polar surface area (TPSA) is 33.3 Å². The Bertz CT molecular complexity index is 128. The summed E-state index contributed by atoms with van der Waals surface area (Å²) in [7, 11) is 1.74. The van der Waals surface area contributed by atoms with Gasteiger partial charge in [0.25, 0.3) is 0 Å². The van der Waals surface area contributed by atoms with Crippen molar-refractivity contribution in [2.75, 3.05) is 26.7 Å². The van der Waals surface area contributed by atoms with Crippen LogP contribution in [0.3, 0.4) is 0 Å². The summed E-state index contributed by atoms with van der Waals surface area (Å²) in [5.74, 6) is 0.702. The molecule has 0 bridgehead atoms. The summed E-state index contributed by atoms with van der Waals surface area (Å²) in [6.45, 7) is 11.7. The van der Waals surface area contributed by atoms with Crippen LogP contribution in [0.25, 0.3) is 0 Å². The lowest BCUT2D eigenvalue weighted by atomic mass is 10.1. The largest absolute Gasteiger partial charge is 0.380 e. The van der Waals surface area contributed by atoms with Crippen LogP contribution in [0.2, 0.25) is 0 Å². The molecule has 0 aromatic heterocycles. The van der Waals surface area contributed by atoms with Gasteiger partial charge in [-0.2, -0.15) is 0 Å². The van der Waals surface area contributed by atoms with Crippen molar-refractivity contribution >= 4 is 0 Å². The Labute approximate surface area is 88.6 Å². The van der Waals surface area contributed by atoms with Gasteiger partial charge in [-0.15, -0.1) is 0 Å². The van der Waals surface area contributed by atoms with Crippen molar-refractivity contribution in [2.24, 2.45) is 5.92 Å². The molecule has 0 radical (unpaired) electrons. The van der Waals surface area contributed by atoms with Crippen molar-refractivity contribution in [3.63, 3.8) is 0 Å². The highest BCUT2D eigenvalue weighted by Crippen LogP contribution is 1.98. The van der Waals surface area contributed by atoms with Crippen molar-refractivity contribution in [3.05, 3.63) is 0 Å². The first-order valence-corrected chi connectivity index (χ1v) is 5.54. The third-order valence-corrected chi connectivity index (χ3v) is 2.60. The second-order valence-corrected chi connectivity index (χ2v) is 4.24. The molecule has 0 aliphatic heterocycles. The van der Waals surface area contributed by atoms with Crippen LogP contribution in [0.4, 0.5) is 0 Å². The van der Waals surface area contributed by atoms with Gasteiger partial charge >= 0.3 is 0 Å². The van der Waals surface area contributed by atoms with Gasteiger partial charge in [0.15, 0.2) is 0 Å². The lowest BCUT2D eigenvalue weighted by molar-refractivity contribution is 0.117. The van der Waals surface area contributed by atoms with E-state index < -0.39 is 0 Å². The van der Waals surface area contributed by atoms with Crippen LogP contribution in [0.5, 0.6) is 0 Å². The van der Waals surface area contributed by atoms with Crippen molar-refractivity contribution in [1.82, 2.24) is 10.6 Å². The molecule has 0 aromatic carbocycles. The minimum Gasteiger partial charge on any atom is -0.380 e. The molecule has 0 heterocycles. The fourth-order valence-electron chi connectivity index (χ4n) is 1.01. The zero-order valence-electron chi connectivity index (χ0n) is 10.3. The number of nitrogens with one attached hydrogen (secondary N) is 2. The zero-order chi connectivity index (χ0) is 11.0. The van der Waals surface area contributed by atoms with Gasteiger partial charge in [-0.1, -0.05) is 13.8 Å². The molecule has 2 atom stereocenters. The molecule has 2 N–H and O–H groups in total. The molecule has 0 rings (SSSR count). The highest BCUT2D eigenvalue weighted by atomic mass is 16.5. The molecular weight excluding hydrogens is 176 g/mol. The molecule has 2 unspecified atom stereocenters. The molecule has 0 amide bonds. The summed E-state index contributed by atoms with van der Waals surface area (Å²) in [5.41, 5.74) is 0. The van der Waals surface area contributed by atoms with Gasteiger partial charge in [-0.05, 0) is 19.8 Å². The van der Waals surface area contributed by atoms with Crippen LogP contribution < -0.4 is 10.6 Å². The average Bonchev–Trinajstić information content (AvgIpc) is 2.16. The standard InChI is InChI=1S/C11H26N2O/c1-9(2)11(4)13-7-6-12-8-10(3)14-5/h9-13H,6-8H2,1-5H3. The zero-order valence-corrected chi connectivity index (χ0v) is 10.3. The first-order valence-electron chi connectivity index (χ1n) is 5.54. The molecular formula is C11H26N2O. The van der Waals surface area contributed by atoms with Crippen molar-refractivity contribution in [2.45, 2.75) is 39.8 Å². The Kier molecular flexibility index (Phi) is 8.14. The maximum atomic E-state index is 5.13. The van der Waals surface area contributed by atoms with Crippen LogP contribution in [0, 0.1) is 5.92 Å². The molecule has 3 heteroatoms. The number of hydrogen-bond acceptors (Lipinski definition) is 3. The van der Waals surface area contributed by atoms with Gasteiger partial charge in [0.1, 0.15) is 0 Å². The maximum absolute atomic E-state index is 5.13. The molecule has 0 saturated carbocycles. The third-order valence-electron chi connectivity index (χ3n) is 2.60. The Hall–Kier alpha value is -0.120. The van der Waals surface area contributed by atoms with Crippen LogP contribution >= 0.6 is 0 Å². The smallest absolute Gasteiger partial charge is 0.0667 e. The highest BCUT2D eigenvalue weighted by molar-refractivity contribution is 4.65. The summed E-state index contributed by atoms with van der Waals surface area (Å²) < 4.78 is 5.13. The molecule has 0 fully saturated rings. The van der Waals surface area contributed by atoms with Gasteiger partial charge in [-0.25, -0.2) is 0 Å². The molecule has 0 saturated heterocycles. The average molecular weight is 202 g/mol. The van der Waals surface area contributed by atoms with Crippen molar-refractivity contribution in [3.8, 4) is 0 Å². The summed E-state index contributed by atoms with van der Waals surface area (Å²) in [5, 5.41) is 6.81. The van der Waals surface area contributed by atoms with E-state index in [2.05, 4.69) is 38.3 Å². The number of rotatable bonds is 8. The van der Waals surface area contributed by atoms with E-state index in [1.807, 2.05) is 0 Å². The van der Waals surface area contributed by atoms with Crippen LogP contribution in [0.1, 0.15) is 27.7 Å². The lowest BCUT2D eigenvalue weighted by Crippen LogP contribution is -2.38. The summed E-state index contributed by atoms with van der Waals surface area (Å²) in [6, 6.07) is 0.594. The summed E-state index contributed by atoms with van der Waals surface area (Å²) in [6.07, 6.45) is 0.303. The van der Waals surface area contributed by atoms with E-state index in [1.165, 1.54) is 0 Å². The Morgan fingerprint density at radius 2 is 1.71 bits per heavy atom. The van der Waals surface area contributed by atoms with E-state index in [-0.39, 0.29) is 0 Å². The molecule has 86 valence electrons. The number of methoxy groups -OCH3 is 1. The summed E-state index contributed by atoms with van der Waals surface area (Å²) >= 11 is 0. The Morgan fingerprint density at radius 1 is 1.07 bits per heavy atom. The number of hydrogen-bond donors (Lipinski definition) is 2. The predicted molar refractivity (Wildman–Crippen MR) is 61.6 cm³/mol. The second kappa shape index (κ2) is 8.21. The van der Waals surface area contributed by atoms with E-state index in [9.17, 15) is 0 Å². The van der Waals surface area contributed by atoms with Crippen LogP contribution in [-0.2, 0) is 4.74 Å². The lowest BCUT2D eigenvalue weighted by Gasteiger charge is -2.18. The third kappa shape index (κ3) is 7.30. The monoisotopic (exact) mass is 202 g/mol. The van der Waals surface area contributed by atoms with Crippen LogP contribution in [-0.4, -0.2) is 38.9 Å². The van der Waals surface area contributed by atoms with Crippen molar-refractivity contribution in [1.29, 1.82) is 0 Å². The van der Waals surface area contributed by atoms with Gasteiger partial charge in [0, 0.05) is 32.8 Å². The van der Waals surface area contributed by atoms with E-state index in [0.29, 0.717) is 18.1 Å². The minimum absolute atomic E-state index is 0.303. The van der Waals surface area contributed by atoms with Crippen LogP contribution in [0.15, 0.2) is 0 Å². The molecule has 14 heavy (non-hydrogen) atoms. The van der Waals surface area contributed by atoms with E-state index in [4.69, 9.17) is 4.74 Å². The molecule has 3 nitrogen and oxygen atoms in total. The molecule has 0 spiro atoms.